The van der Waals surface area contributed by atoms with Crippen LogP contribution in [0.5, 0.6) is 0 Å². The van der Waals surface area contributed by atoms with E-state index in [1.165, 1.54) is 0 Å². The summed E-state index contributed by atoms with van der Waals surface area (Å²) < 4.78 is 0. The minimum absolute atomic E-state index is 0.273. The summed E-state index contributed by atoms with van der Waals surface area (Å²) in [6, 6.07) is 3.77. The second-order valence-corrected chi connectivity index (χ2v) is 4.94. The van der Waals surface area contributed by atoms with Crippen molar-refractivity contribution in [2.75, 3.05) is 12.4 Å². The van der Waals surface area contributed by atoms with Gasteiger partial charge >= 0.3 is 0 Å². The molecule has 0 unspecified atom stereocenters. The van der Waals surface area contributed by atoms with Crippen molar-refractivity contribution in [3.63, 3.8) is 0 Å². The summed E-state index contributed by atoms with van der Waals surface area (Å²) in [6.07, 6.45) is 0. The van der Waals surface area contributed by atoms with Gasteiger partial charge in [-0.3, -0.25) is 0 Å². The number of hydrogen-bond donors (Lipinski definition) is 2. The number of halogens is 2. The zero-order valence-corrected chi connectivity index (χ0v) is 11.7. The summed E-state index contributed by atoms with van der Waals surface area (Å²) in [5.74, 6) is 0. The molecular formula is C11H14Cl2N2S. The van der Waals surface area contributed by atoms with E-state index >= 15 is 0 Å². The number of benzene rings is 1. The highest BCUT2D eigenvalue weighted by Crippen LogP contribution is 2.30. The summed E-state index contributed by atoms with van der Waals surface area (Å²) in [5.41, 5.74) is 1.62. The fraction of sp³-hybridized carbons (Fsp3) is 0.364. The molecular weight excluding hydrogens is 263 g/mol. The first-order valence-corrected chi connectivity index (χ1v) is 6.09. The Bertz CT molecular complexity index is 405. The van der Waals surface area contributed by atoms with Crippen molar-refractivity contribution < 1.29 is 0 Å². The molecule has 1 aromatic carbocycles. The number of anilines is 1. The Kier molecular flexibility index (Phi) is 4.84. The Balaban J connectivity index is 3.15. The van der Waals surface area contributed by atoms with Gasteiger partial charge in [-0.05, 0) is 26.0 Å². The maximum atomic E-state index is 6.08. The van der Waals surface area contributed by atoms with Crippen LogP contribution >= 0.6 is 35.4 Å². The molecule has 16 heavy (non-hydrogen) atoms. The molecule has 0 heterocycles. The molecule has 1 aromatic rings. The smallest absolute Gasteiger partial charge is 0.108 e. The van der Waals surface area contributed by atoms with Crippen LogP contribution in [0.2, 0.25) is 10.0 Å². The van der Waals surface area contributed by atoms with E-state index in [9.17, 15) is 0 Å². The third kappa shape index (κ3) is 3.24. The summed E-state index contributed by atoms with van der Waals surface area (Å²) in [5, 5.41) is 7.33. The van der Waals surface area contributed by atoms with Crippen molar-refractivity contribution >= 4 is 46.1 Å². The molecule has 0 aromatic heterocycles. The van der Waals surface area contributed by atoms with Crippen molar-refractivity contribution in [2.24, 2.45) is 0 Å². The van der Waals surface area contributed by atoms with Crippen LogP contribution in [0.1, 0.15) is 19.4 Å². The molecule has 0 saturated heterocycles. The molecule has 0 spiro atoms. The van der Waals surface area contributed by atoms with Gasteiger partial charge in [0, 0.05) is 23.7 Å². The molecule has 2 N–H and O–H groups in total. The van der Waals surface area contributed by atoms with Gasteiger partial charge in [0.25, 0.3) is 0 Å². The summed E-state index contributed by atoms with van der Waals surface area (Å²) in [4.78, 5) is 0.642. The molecule has 0 bridgehead atoms. The lowest BCUT2D eigenvalue weighted by molar-refractivity contribution is 0.741. The van der Waals surface area contributed by atoms with Crippen LogP contribution in [0.3, 0.4) is 0 Å². The van der Waals surface area contributed by atoms with Gasteiger partial charge in [0.05, 0.1) is 10.7 Å². The van der Waals surface area contributed by atoms with Crippen molar-refractivity contribution in [3.8, 4) is 0 Å². The second kappa shape index (κ2) is 5.71. The van der Waals surface area contributed by atoms with Crippen LogP contribution in [-0.2, 0) is 0 Å². The van der Waals surface area contributed by atoms with E-state index in [1.807, 2.05) is 13.8 Å². The van der Waals surface area contributed by atoms with Crippen molar-refractivity contribution in [2.45, 2.75) is 19.9 Å². The first kappa shape index (κ1) is 13.6. The van der Waals surface area contributed by atoms with Gasteiger partial charge in [-0.1, -0.05) is 35.4 Å². The summed E-state index contributed by atoms with van der Waals surface area (Å²) in [6.45, 7) is 4.05. The van der Waals surface area contributed by atoms with E-state index in [0.29, 0.717) is 15.0 Å². The molecule has 0 aliphatic rings. The normalized spacial score (nSPS) is 10.4. The molecule has 88 valence electrons. The molecule has 2 nitrogen and oxygen atoms in total. The Labute approximate surface area is 111 Å². The lowest BCUT2D eigenvalue weighted by Gasteiger charge is -2.16. The quantitative estimate of drug-likeness (QED) is 0.824. The number of nitrogens with one attached hydrogen (secondary N) is 2. The highest BCUT2D eigenvalue weighted by molar-refractivity contribution is 7.80. The number of rotatable bonds is 3. The lowest BCUT2D eigenvalue weighted by atomic mass is 10.1. The van der Waals surface area contributed by atoms with Gasteiger partial charge < -0.3 is 10.6 Å². The molecule has 0 amide bonds. The maximum Gasteiger partial charge on any atom is 0.108 e. The first-order chi connectivity index (χ1) is 7.45. The van der Waals surface area contributed by atoms with E-state index in [4.69, 9.17) is 35.4 Å². The maximum absolute atomic E-state index is 6.08. The predicted octanol–water partition coefficient (Wildman–Crippen LogP) is 3.71. The fourth-order valence-corrected chi connectivity index (χ4v) is 2.33. The molecule has 0 aliphatic heterocycles. The third-order valence-electron chi connectivity index (χ3n) is 1.97. The zero-order valence-electron chi connectivity index (χ0n) is 9.40. The van der Waals surface area contributed by atoms with Crippen LogP contribution in [-0.4, -0.2) is 18.1 Å². The Morgan fingerprint density at radius 1 is 1.31 bits per heavy atom. The fourth-order valence-electron chi connectivity index (χ4n) is 1.35. The Morgan fingerprint density at radius 2 is 1.94 bits per heavy atom. The molecule has 0 fully saturated rings. The largest absolute Gasteiger partial charge is 0.386 e. The van der Waals surface area contributed by atoms with E-state index in [2.05, 4.69) is 10.6 Å². The number of thiocarbonyl (C=S) groups is 1. The van der Waals surface area contributed by atoms with Gasteiger partial charge in [-0.25, -0.2) is 0 Å². The van der Waals surface area contributed by atoms with Crippen LogP contribution in [0.4, 0.5) is 5.69 Å². The minimum atomic E-state index is 0.273. The predicted molar refractivity (Wildman–Crippen MR) is 76.0 cm³/mol. The first-order valence-electron chi connectivity index (χ1n) is 4.93. The molecule has 1 rings (SSSR count). The lowest BCUT2D eigenvalue weighted by Crippen LogP contribution is -2.29. The van der Waals surface area contributed by atoms with E-state index < -0.39 is 0 Å². The van der Waals surface area contributed by atoms with Gasteiger partial charge in [0.15, 0.2) is 0 Å². The van der Waals surface area contributed by atoms with Gasteiger partial charge in [-0.2, -0.15) is 0 Å². The monoisotopic (exact) mass is 276 g/mol. The topological polar surface area (TPSA) is 24.1 Å². The highest BCUT2D eigenvalue weighted by Gasteiger charge is 2.12. The van der Waals surface area contributed by atoms with Gasteiger partial charge in [-0.15, -0.1) is 0 Å². The molecule has 0 radical (unpaired) electrons. The average molecular weight is 277 g/mol. The van der Waals surface area contributed by atoms with E-state index in [0.717, 1.165) is 11.3 Å². The van der Waals surface area contributed by atoms with Crippen LogP contribution in [0.25, 0.3) is 0 Å². The number of hydrogen-bond acceptors (Lipinski definition) is 2. The van der Waals surface area contributed by atoms with Crippen molar-refractivity contribution in [1.82, 2.24) is 5.32 Å². The van der Waals surface area contributed by atoms with Crippen LogP contribution in [0.15, 0.2) is 12.1 Å². The standard InChI is InChI=1S/C11H14Cl2N2S/c1-6(2)15-11(16)8-4-7(12)5-9(13)10(8)14-3/h4-6,14H,1-3H3,(H,15,16). The minimum Gasteiger partial charge on any atom is -0.386 e. The van der Waals surface area contributed by atoms with Crippen LogP contribution < -0.4 is 10.6 Å². The second-order valence-electron chi connectivity index (χ2n) is 3.69. The Morgan fingerprint density at radius 3 is 2.44 bits per heavy atom. The Hall–Kier alpha value is -0.510. The molecule has 0 saturated carbocycles. The molecule has 0 atom stereocenters. The van der Waals surface area contributed by atoms with Crippen LogP contribution in [0, 0.1) is 0 Å². The molecule has 0 aliphatic carbocycles. The SMILES string of the molecule is CNc1c(Cl)cc(Cl)cc1C(=S)NC(C)C. The molecule has 5 heteroatoms. The summed E-state index contributed by atoms with van der Waals surface area (Å²) >= 11 is 17.3. The van der Waals surface area contributed by atoms with Gasteiger partial charge in [0.1, 0.15) is 4.99 Å². The van der Waals surface area contributed by atoms with Gasteiger partial charge in [0.2, 0.25) is 0 Å². The van der Waals surface area contributed by atoms with E-state index in [-0.39, 0.29) is 6.04 Å². The summed E-state index contributed by atoms with van der Waals surface area (Å²) in [7, 11) is 1.80. The zero-order chi connectivity index (χ0) is 12.3. The van der Waals surface area contributed by atoms with Crippen molar-refractivity contribution in [1.29, 1.82) is 0 Å². The average Bonchev–Trinajstić information content (AvgIpc) is 2.15. The van der Waals surface area contributed by atoms with E-state index in [1.54, 1.807) is 19.2 Å². The third-order valence-corrected chi connectivity index (χ3v) is 2.82. The highest BCUT2D eigenvalue weighted by atomic mass is 35.5. The van der Waals surface area contributed by atoms with Crippen molar-refractivity contribution in [3.05, 3.63) is 27.7 Å².